The van der Waals surface area contributed by atoms with E-state index in [0.717, 1.165) is 22.3 Å². The maximum absolute atomic E-state index is 12.8. The number of rotatable bonds is 6. The van der Waals surface area contributed by atoms with E-state index in [-0.39, 0.29) is 17.5 Å². The van der Waals surface area contributed by atoms with Crippen LogP contribution in [0.25, 0.3) is 6.08 Å². The zero-order valence-corrected chi connectivity index (χ0v) is 16.5. The number of aromatic nitrogens is 1. The molecule has 0 unspecified atom stereocenters. The van der Waals surface area contributed by atoms with E-state index in [4.69, 9.17) is 0 Å². The summed E-state index contributed by atoms with van der Waals surface area (Å²) in [5.41, 5.74) is 4.56. The summed E-state index contributed by atoms with van der Waals surface area (Å²) in [6.45, 7) is 4.27. The molecule has 5 nitrogen and oxygen atoms in total. The average Bonchev–Trinajstić information content (AvgIpc) is 2.74. The smallest absolute Gasteiger partial charge is 0.268 e. The highest BCUT2D eigenvalue weighted by atomic mass is 16.2. The molecule has 0 fully saturated rings. The van der Waals surface area contributed by atoms with Gasteiger partial charge in [-0.15, -0.1) is 0 Å². The number of amides is 2. The Bertz CT molecular complexity index is 1010. The lowest BCUT2D eigenvalue weighted by atomic mass is 10.1. The van der Waals surface area contributed by atoms with E-state index in [9.17, 15) is 9.59 Å². The van der Waals surface area contributed by atoms with Gasteiger partial charge >= 0.3 is 0 Å². The Morgan fingerprint density at radius 1 is 0.931 bits per heavy atom. The second-order valence-electron chi connectivity index (χ2n) is 6.83. The van der Waals surface area contributed by atoms with Crippen molar-refractivity contribution in [3.8, 4) is 0 Å². The van der Waals surface area contributed by atoms with Crippen LogP contribution in [0.4, 0.5) is 0 Å². The molecule has 5 heteroatoms. The number of aryl methyl sites for hydroxylation is 2. The second-order valence-corrected chi connectivity index (χ2v) is 6.83. The van der Waals surface area contributed by atoms with Gasteiger partial charge in [0.25, 0.3) is 11.8 Å². The first-order chi connectivity index (χ1) is 14.0. The van der Waals surface area contributed by atoms with Crippen molar-refractivity contribution in [2.75, 3.05) is 0 Å². The predicted octanol–water partition coefficient (Wildman–Crippen LogP) is 3.79. The van der Waals surface area contributed by atoms with Crippen LogP contribution < -0.4 is 10.6 Å². The van der Waals surface area contributed by atoms with Gasteiger partial charge in [-0.05, 0) is 49.2 Å². The highest BCUT2D eigenvalue weighted by Gasteiger charge is 2.14. The van der Waals surface area contributed by atoms with Gasteiger partial charge in [-0.2, -0.15) is 0 Å². The molecule has 1 heterocycles. The van der Waals surface area contributed by atoms with Crippen molar-refractivity contribution >= 4 is 17.9 Å². The predicted molar refractivity (Wildman–Crippen MR) is 114 cm³/mol. The molecule has 3 aromatic rings. The summed E-state index contributed by atoms with van der Waals surface area (Å²) in [4.78, 5) is 29.5. The van der Waals surface area contributed by atoms with E-state index in [2.05, 4.69) is 15.6 Å². The molecule has 0 atom stereocenters. The topological polar surface area (TPSA) is 71.1 Å². The fraction of sp³-hybridized carbons (Fsp3) is 0.125. The number of carbonyl (C=O) groups excluding carboxylic acids is 2. The number of pyridine rings is 1. The molecule has 2 amide bonds. The van der Waals surface area contributed by atoms with Crippen LogP contribution in [0, 0.1) is 13.8 Å². The molecule has 29 heavy (non-hydrogen) atoms. The van der Waals surface area contributed by atoms with Crippen LogP contribution in [0.3, 0.4) is 0 Å². The quantitative estimate of drug-likeness (QED) is 0.634. The summed E-state index contributed by atoms with van der Waals surface area (Å²) in [6.07, 6.45) is 5.04. The zero-order chi connectivity index (χ0) is 20.6. The van der Waals surface area contributed by atoms with Crippen molar-refractivity contribution in [1.29, 1.82) is 0 Å². The van der Waals surface area contributed by atoms with Crippen molar-refractivity contribution in [3.63, 3.8) is 0 Å². The van der Waals surface area contributed by atoms with Crippen LogP contribution in [-0.4, -0.2) is 16.8 Å². The lowest BCUT2D eigenvalue weighted by Crippen LogP contribution is -2.34. The van der Waals surface area contributed by atoms with Crippen molar-refractivity contribution in [1.82, 2.24) is 15.6 Å². The minimum absolute atomic E-state index is 0.184. The van der Waals surface area contributed by atoms with Gasteiger partial charge in [-0.1, -0.05) is 53.6 Å². The van der Waals surface area contributed by atoms with Gasteiger partial charge in [0, 0.05) is 24.5 Å². The van der Waals surface area contributed by atoms with E-state index in [1.807, 2.05) is 62.4 Å². The third kappa shape index (κ3) is 5.87. The molecular formula is C24H23N3O2. The first kappa shape index (κ1) is 20.0. The van der Waals surface area contributed by atoms with Gasteiger partial charge in [0.1, 0.15) is 5.70 Å². The first-order valence-corrected chi connectivity index (χ1v) is 9.35. The monoisotopic (exact) mass is 385 g/mol. The average molecular weight is 385 g/mol. The molecule has 0 bridgehead atoms. The first-order valence-electron chi connectivity index (χ1n) is 9.35. The molecule has 0 aliphatic heterocycles. The Morgan fingerprint density at radius 3 is 2.21 bits per heavy atom. The van der Waals surface area contributed by atoms with Crippen molar-refractivity contribution in [3.05, 3.63) is 107 Å². The molecule has 0 radical (unpaired) electrons. The van der Waals surface area contributed by atoms with E-state index < -0.39 is 0 Å². The minimum Gasteiger partial charge on any atom is -0.347 e. The molecule has 0 spiro atoms. The highest BCUT2D eigenvalue weighted by Crippen LogP contribution is 2.10. The molecule has 0 aliphatic carbocycles. The summed E-state index contributed by atoms with van der Waals surface area (Å²) in [5.74, 6) is -0.699. The lowest BCUT2D eigenvalue weighted by Gasteiger charge is -2.11. The third-order valence-electron chi connectivity index (χ3n) is 4.37. The van der Waals surface area contributed by atoms with Crippen LogP contribution in [0.5, 0.6) is 0 Å². The Kier molecular flexibility index (Phi) is 6.53. The summed E-state index contributed by atoms with van der Waals surface area (Å²) in [5, 5.41) is 5.58. The van der Waals surface area contributed by atoms with Crippen LogP contribution in [-0.2, 0) is 11.3 Å². The Hall–Kier alpha value is -3.73. The lowest BCUT2D eigenvalue weighted by molar-refractivity contribution is -0.117. The van der Waals surface area contributed by atoms with E-state index >= 15 is 0 Å². The van der Waals surface area contributed by atoms with Crippen molar-refractivity contribution in [2.24, 2.45) is 0 Å². The van der Waals surface area contributed by atoms with E-state index in [0.29, 0.717) is 12.1 Å². The Balaban J connectivity index is 1.80. The van der Waals surface area contributed by atoms with Gasteiger partial charge in [0.15, 0.2) is 0 Å². The number of benzene rings is 2. The van der Waals surface area contributed by atoms with Crippen LogP contribution >= 0.6 is 0 Å². The number of hydrogen-bond donors (Lipinski definition) is 2. The van der Waals surface area contributed by atoms with Crippen molar-refractivity contribution < 1.29 is 9.59 Å². The van der Waals surface area contributed by atoms with Gasteiger partial charge in [0.05, 0.1) is 0 Å². The maximum Gasteiger partial charge on any atom is 0.268 e. The summed E-state index contributed by atoms with van der Waals surface area (Å²) >= 11 is 0. The number of nitrogens with one attached hydrogen (secondary N) is 2. The largest absolute Gasteiger partial charge is 0.347 e. The van der Waals surface area contributed by atoms with Crippen LogP contribution in [0.1, 0.15) is 32.6 Å². The molecule has 2 aromatic carbocycles. The van der Waals surface area contributed by atoms with E-state index in [1.54, 1.807) is 30.6 Å². The summed E-state index contributed by atoms with van der Waals surface area (Å²) in [7, 11) is 0. The molecular weight excluding hydrogens is 362 g/mol. The molecule has 1 aromatic heterocycles. The van der Waals surface area contributed by atoms with Crippen molar-refractivity contribution in [2.45, 2.75) is 20.4 Å². The summed E-state index contributed by atoms with van der Waals surface area (Å²) < 4.78 is 0. The number of hydrogen-bond acceptors (Lipinski definition) is 3. The molecule has 0 saturated carbocycles. The van der Waals surface area contributed by atoms with Crippen LogP contribution in [0.2, 0.25) is 0 Å². The van der Waals surface area contributed by atoms with Crippen LogP contribution in [0.15, 0.2) is 78.8 Å². The standard InChI is InChI=1S/C24H23N3O2/c1-17-5-9-19(10-6-17)14-22(24(29)26-16-20-4-3-13-25-15-20)27-23(28)21-11-7-18(2)8-12-21/h3-15H,16H2,1-2H3,(H,26,29)(H,27,28)/b22-14+. The van der Waals surface area contributed by atoms with E-state index in [1.165, 1.54) is 0 Å². The Morgan fingerprint density at radius 2 is 1.59 bits per heavy atom. The summed E-state index contributed by atoms with van der Waals surface area (Å²) in [6, 6.07) is 18.6. The van der Waals surface area contributed by atoms with Gasteiger partial charge < -0.3 is 10.6 Å². The Labute approximate surface area is 170 Å². The SMILES string of the molecule is Cc1ccc(/C=C(/NC(=O)c2ccc(C)cc2)C(=O)NCc2cccnc2)cc1. The van der Waals surface area contributed by atoms with Gasteiger partial charge in [-0.25, -0.2) is 0 Å². The fourth-order valence-electron chi connectivity index (χ4n) is 2.67. The molecule has 146 valence electrons. The minimum atomic E-state index is -0.366. The number of nitrogens with zero attached hydrogens (tertiary/aromatic N) is 1. The molecule has 0 saturated heterocycles. The highest BCUT2D eigenvalue weighted by molar-refractivity contribution is 6.05. The zero-order valence-electron chi connectivity index (χ0n) is 16.5. The maximum atomic E-state index is 12.8. The third-order valence-corrected chi connectivity index (χ3v) is 4.37. The molecule has 0 aliphatic rings. The van der Waals surface area contributed by atoms with Gasteiger partial charge in [0.2, 0.25) is 0 Å². The normalized spacial score (nSPS) is 11.0. The second kappa shape index (κ2) is 9.46. The fourth-order valence-corrected chi connectivity index (χ4v) is 2.67. The number of carbonyl (C=O) groups is 2. The molecule has 3 rings (SSSR count). The molecule has 2 N–H and O–H groups in total. The van der Waals surface area contributed by atoms with Gasteiger partial charge in [-0.3, -0.25) is 14.6 Å².